The predicted octanol–water partition coefficient (Wildman–Crippen LogP) is 2.87. The van der Waals surface area contributed by atoms with E-state index in [1.165, 1.54) is 6.42 Å². The van der Waals surface area contributed by atoms with E-state index in [4.69, 9.17) is 0 Å². The Morgan fingerprint density at radius 2 is 2.22 bits per heavy atom. The van der Waals surface area contributed by atoms with Gasteiger partial charge in [-0.25, -0.2) is 0 Å². The number of aromatic nitrogens is 1. The quantitative estimate of drug-likeness (QED) is 0.856. The van der Waals surface area contributed by atoms with Crippen molar-refractivity contribution in [3.8, 4) is 5.75 Å². The lowest BCUT2D eigenvalue weighted by Crippen LogP contribution is -2.54. The number of hydrogen-bond acceptors (Lipinski definition) is 4. The molecule has 0 saturated carbocycles. The third-order valence-electron chi connectivity index (χ3n) is 5.60. The third kappa shape index (κ3) is 2.42. The van der Waals surface area contributed by atoms with E-state index in [0.29, 0.717) is 11.8 Å². The molecule has 4 heteroatoms. The number of phenols is 1. The lowest BCUT2D eigenvalue weighted by atomic mass is 9.73. The molecule has 1 aromatic heterocycles. The van der Waals surface area contributed by atoms with Crippen LogP contribution in [0.25, 0.3) is 10.9 Å². The Morgan fingerprint density at radius 3 is 2.96 bits per heavy atom. The van der Waals surface area contributed by atoms with E-state index in [9.17, 15) is 10.2 Å². The minimum atomic E-state index is -0.559. The summed E-state index contributed by atoms with van der Waals surface area (Å²) in [6.45, 7) is 5.99. The van der Waals surface area contributed by atoms with Gasteiger partial charge in [0.2, 0.25) is 0 Å². The maximum atomic E-state index is 11.0. The molecule has 2 unspecified atom stereocenters. The van der Waals surface area contributed by atoms with Gasteiger partial charge >= 0.3 is 0 Å². The molecule has 0 amide bonds. The van der Waals surface area contributed by atoms with Gasteiger partial charge in [0.05, 0.1) is 11.6 Å². The number of nitrogens with zero attached hydrogens (tertiary/aromatic N) is 2. The van der Waals surface area contributed by atoms with E-state index >= 15 is 0 Å². The van der Waals surface area contributed by atoms with Gasteiger partial charge in [0, 0.05) is 24.2 Å². The van der Waals surface area contributed by atoms with Gasteiger partial charge in [0.1, 0.15) is 5.75 Å². The standard InChI is InChI=1S/C19H22N2O2/c1-2-12-11-21-8-6-13(12)9-18(21)19(23)15-5-7-20-17-4-3-14(22)10-16(15)17/h2-5,7,10,12-13,18-19,22-23H,1,6,8-9,11H2/t12?,13-,18-,19+/m0/s1. The highest BCUT2D eigenvalue weighted by atomic mass is 16.3. The number of benzene rings is 1. The summed E-state index contributed by atoms with van der Waals surface area (Å²) in [5.41, 5.74) is 1.66. The van der Waals surface area contributed by atoms with Crippen molar-refractivity contribution in [2.45, 2.75) is 25.0 Å². The van der Waals surface area contributed by atoms with Gasteiger partial charge in [-0.1, -0.05) is 6.08 Å². The van der Waals surface area contributed by atoms with Crippen LogP contribution < -0.4 is 0 Å². The molecule has 23 heavy (non-hydrogen) atoms. The molecule has 5 rings (SSSR count). The van der Waals surface area contributed by atoms with Crippen molar-refractivity contribution in [1.29, 1.82) is 0 Å². The van der Waals surface area contributed by atoms with Crippen molar-refractivity contribution in [2.75, 3.05) is 13.1 Å². The van der Waals surface area contributed by atoms with Crippen molar-refractivity contribution in [3.05, 3.63) is 48.7 Å². The zero-order chi connectivity index (χ0) is 16.0. The molecule has 0 spiro atoms. The van der Waals surface area contributed by atoms with Gasteiger partial charge in [-0.15, -0.1) is 6.58 Å². The highest BCUT2D eigenvalue weighted by Gasteiger charge is 2.42. The van der Waals surface area contributed by atoms with E-state index in [0.717, 1.165) is 36.0 Å². The van der Waals surface area contributed by atoms with Gasteiger partial charge < -0.3 is 10.2 Å². The number of phenolic OH excluding ortho intramolecular Hbond substituents is 1. The fourth-order valence-electron chi connectivity index (χ4n) is 4.33. The van der Waals surface area contributed by atoms with E-state index in [1.807, 2.05) is 6.07 Å². The smallest absolute Gasteiger partial charge is 0.116 e. The zero-order valence-corrected chi connectivity index (χ0v) is 13.1. The summed E-state index contributed by atoms with van der Waals surface area (Å²) in [5, 5.41) is 21.7. The number of pyridine rings is 1. The summed E-state index contributed by atoms with van der Waals surface area (Å²) in [6, 6.07) is 7.14. The van der Waals surface area contributed by atoms with E-state index < -0.39 is 6.10 Å². The Bertz CT molecular complexity index is 745. The maximum absolute atomic E-state index is 11.0. The predicted molar refractivity (Wildman–Crippen MR) is 90.1 cm³/mol. The minimum Gasteiger partial charge on any atom is -0.508 e. The van der Waals surface area contributed by atoms with Gasteiger partial charge in [-0.05, 0) is 61.1 Å². The van der Waals surface area contributed by atoms with E-state index in [1.54, 1.807) is 24.4 Å². The molecular weight excluding hydrogens is 288 g/mol. The highest BCUT2D eigenvalue weighted by molar-refractivity contribution is 5.83. The molecule has 3 fully saturated rings. The number of piperidine rings is 3. The first kappa shape index (κ1) is 14.7. The molecule has 3 aliphatic heterocycles. The molecule has 2 aromatic rings. The number of rotatable bonds is 3. The number of aliphatic hydroxyl groups excluding tert-OH is 1. The largest absolute Gasteiger partial charge is 0.508 e. The van der Waals surface area contributed by atoms with Crippen LogP contribution in [0, 0.1) is 11.8 Å². The molecule has 3 aliphatic rings. The average Bonchev–Trinajstić information content (AvgIpc) is 2.60. The van der Waals surface area contributed by atoms with Crippen molar-refractivity contribution < 1.29 is 10.2 Å². The van der Waals surface area contributed by atoms with Gasteiger partial charge in [0.25, 0.3) is 0 Å². The molecule has 120 valence electrons. The molecule has 0 aliphatic carbocycles. The van der Waals surface area contributed by atoms with Crippen molar-refractivity contribution >= 4 is 10.9 Å². The zero-order valence-electron chi connectivity index (χ0n) is 13.1. The monoisotopic (exact) mass is 310 g/mol. The van der Waals surface area contributed by atoms with Gasteiger partial charge in [-0.2, -0.15) is 0 Å². The molecule has 0 radical (unpaired) electrons. The highest BCUT2D eigenvalue weighted by Crippen LogP contribution is 2.42. The lowest BCUT2D eigenvalue weighted by Gasteiger charge is -2.50. The first-order chi connectivity index (χ1) is 11.2. The summed E-state index contributed by atoms with van der Waals surface area (Å²) < 4.78 is 0. The normalized spacial score (nSPS) is 31.2. The van der Waals surface area contributed by atoms with Crippen LogP contribution in [0.3, 0.4) is 0 Å². The topological polar surface area (TPSA) is 56.6 Å². The third-order valence-corrected chi connectivity index (χ3v) is 5.60. The Kier molecular flexibility index (Phi) is 3.58. The Balaban J connectivity index is 1.69. The van der Waals surface area contributed by atoms with Crippen LogP contribution in [0.1, 0.15) is 24.5 Å². The molecule has 4 heterocycles. The Hall–Kier alpha value is -1.91. The van der Waals surface area contributed by atoms with Crippen LogP contribution >= 0.6 is 0 Å². The molecule has 3 saturated heterocycles. The fourth-order valence-corrected chi connectivity index (χ4v) is 4.33. The van der Waals surface area contributed by atoms with E-state index in [2.05, 4.69) is 22.5 Å². The van der Waals surface area contributed by atoms with Crippen molar-refractivity contribution in [1.82, 2.24) is 9.88 Å². The number of fused-ring (bicyclic) bond motifs is 4. The molecule has 2 N–H and O–H groups in total. The molecule has 4 nitrogen and oxygen atoms in total. The summed E-state index contributed by atoms with van der Waals surface area (Å²) in [6.07, 6.45) is 5.44. The molecule has 5 atom stereocenters. The van der Waals surface area contributed by atoms with E-state index in [-0.39, 0.29) is 11.8 Å². The van der Waals surface area contributed by atoms with Crippen LogP contribution in [-0.2, 0) is 0 Å². The first-order valence-corrected chi connectivity index (χ1v) is 8.29. The molecule has 2 bridgehead atoms. The summed E-state index contributed by atoms with van der Waals surface area (Å²) in [4.78, 5) is 6.73. The Morgan fingerprint density at radius 1 is 1.35 bits per heavy atom. The van der Waals surface area contributed by atoms with Crippen molar-refractivity contribution in [3.63, 3.8) is 0 Å². The fraction of sp³-hybridized carbons (Fsp3) is 0.421. The Labute approximate surface area is 136 Å². The number of aromatic hydroxyl groups is 1. The summed E-state index contributed by atoms with van der Waals surface area (Å²) in [7, 11) is 0. The maximum Gasteiger partial charge on any atom is 0.116 e. The minimum absolute atomic E-state index is 0.137. The number of hydrogen-bond donors (Lipinski definition) is 2. The first-order valence-electron chi connectivity index (χ1n) is 8.29. The van der Waals surface area contributed by atoms with Crippen molar-refractivity contribution in [2.24, 2.45) is 11.8 Å². The summed E-state index contributed by atoms with van der Waals surface area (Å²) in [5.74, 6) is 1.38. The second kappa shape index (κ2) is 5.62. The average molecular weight is 310 g/mol. The van der Waals surface area contributed by atoms with Crippen LogP contribution in [0.15, 0.2) is 43.1 Å². The number of aliphatic hydroxyl groups is 1. The molecule has 1 aromatic carbocycles. The SMILES string of the molecule is C=CC1CN2CC[C@H]1C[C@H]2[C@H](O)c1ccnc2ccc(O)cc12. The molecular formula is C19H22N2O2. The van der Waals surface area contributed by atoms with Crippen LogP contribution in [0.4, 0.5) is 0 Å². The van der Waals surface area contributed by atoms with Crippen LogP contribution in [0.2, 0.25) is 0 Å². The van der Waals surface area contributed by atoms with Gasteiger partial charge in [0.15, 0.2) is 0 Å². The van der Waals surface area contributed by atoms with Crippen LogP contribution in [0.5, 0.6) is 5.75 Å². The van der Waals surface area contributed by atoms with Crippen LogP contribution in [-0.4, -0.2) is 39.2 Å². The second-order valence-electron chi connectivity index (χ2n) is 6.79. The van der Waals surface area contributed by atoms with Gasteiger partial charge in [-0.3, -0.25) is 9.88 Å². The summed E-state index contributed by atoms with van der Waals surface area (Å²) >= 11 is 0. The lowest BCUT2D eigenvalue weighted by molar-refractivity contribution is -0.0444. The second-order valence-corrected chi connectivity index (χ2v) is 6.79.